The molecule has 0 saturated carbocycles. The fraction of sp³-hybridized carbons (Fsp3) is 0.887. The van der Waals surface area contributed by atoms with E-state index in [-0.39, 0.29) is 23.9 Å². The summed E-state index contributed by atoms with van der Waals surface area (Å²) in [5.74, 6) is -0.257. The molecule has 1 aromatic rings. The molecule has 1 atom stereocenters. The number of aliphatic hydroxyl groups is 1. The molecule has 1 amide bonds. The summed E-state index contributed by atoms with van der Waals surface area (Å²) in [4.78, 5) is 39.9. The van der Waals surface area contributed by atoms with Crippen LogP contribution in [0.3, 0.4) is 0 Å². The molecule has 1 unspecified atom stereocenters. The lowest BCUT2D eigenvalue weighted by atomic mass is 10.0. The first-order chi connectivity index (χ1) is 30.8. The molecule has 0 radical (unpaired) electrons. The van der Waals surface area contributed by atoms with Crippen molar-refractivity contribution in [2.45, 2.75) is 264 Å². The number of hydrogen-bond acceptors (Lipinski definition) is 8. The zero-order chi connectivity index (χ0) is 45.9. The first-order valence-corrected chi connectivity index (χ1v) is 26.8. The maximum Gasteiger partial charge on any atom is 0.306 e. The fourth-order valence-electron chi connectivity index (χ4n) is 8.42. The van der Waals surface area contributed by atoms with E-state index in [1.54, 1.807) is 24.0 Å². The molecular weight excluding hydrogens is 789 g/mol. The predicted molar refractivity (Wildman–Crippen MR) is 262 cm³/mol. The molecule has 10 nitrogen and oxygen atoms in total. The summed E-state index contributed by atoms with van der Waals surface area (Å²) < 4.78 is 13.2. The summed E-state index contributed by atoms with van der Waals surface area (Å²) >= 11 is 0. The Morgan fingerprint density at radius 2 is 1.06 bits per heavy atom. The molecule has 1 rings (SSSR count). The number of nitrogens with zero attached hydrogens (tertiary/aromatic N) is 3. The van der Waals surface area contributed by atoms with Gasteiger partial charge in [0.25, 0.3) is 5.91 Å². The molecule has 63 heavy (non-hydrogen) atoms. The van der Waals surface area contributed by atoms with E-state index in [4.69, 9.17) is 9.47 Å². The van der Waals surface area contributed by atoms with Crippen LogP contribution < -0.4 is 5.32 Å². The first-order valence-electron chi connectivity index (χ1n) is 26.8. The van der Waals surface area contributed by atoms with E-state index in [0.717, 1.165) is 116 Å². The van der Waals surface area contributed by atoms with E-state index >= 15 is 0 Å². The Labute approximate surface area is 387 Å². The predicted octanol–water partition coefficient (Wildman–Crippen LogP) is 13.4. The summed E-state index contributed by atoms with van der Waals surface area (Å²) in [5.41, 5.74) is 0.419. The van der Waals surface area contributed by atoms with Crippen molar-refractivity contribution in [2.75, 3.05) is 32.8 Å². The molecule has 0 spiro atoms. The number of aromatic nitrogens is 2. The number of carbonyl (C=O) groups excluding carboxylic acids is 3. The van der Waals surface area contributed by atoms with E-state index in [1.165, 1.54) is 109 Å². The van der Waals surface area contributed by atoms with Crippen LogP contribution in [0.5, 0.6) is 0 Å². The average Bonchev–Trinajstić information content (AvgIpc) is 3.71. The number of ether oxygens (including phenoxy) is 2. The number of unbranched alkanes of at least 4 members (excludes halogenated alkanes) is 25. The molecule has 368 valence electrons. The third kappa shape index (κ3) is 37.5. The molecule has 0 aromatic carbocycles. The highest BCUT2D eigenvalue weighted by Crippen LogP contribution is 2.19. The van der Waals surface area contributed by atoms with Gasteiger partial charge in [0.05, 0.1) is 12.7 Å². The second-order valence-corrected chi connectivity index (χ2v) is 18.7. The minimum absolute atomic E-state index is 0.0141. The van der Waals surface area contributed by atoms with E-state index in [2.05, 4.69) is 36.1 Å². The van der Waals surface area contributed by atoms with Gasteiger partial charge in [0, 0.05) is 39.2 Å². The molecule has 2 N–H and O–H groups in total. The standard InChI is InChI=1S/C53H100N4O6/c1-5-8-11-14-17-18-19-25-35-46-62-51(59)39-30-26-34-44-57(47-48(58)36-31-32-42-54-53(61)50-41-45-56(4)55-50)43-33-24-20-23-29-40-52(60)63-49(37-27-21-15-12-9-6-2)38-28-22-16-13-10-7-3/h41,45,48-49,58H,5-40,42-44,46-47H2,1-4H3,(H,54,61). The molecule has 0 saturated heterocycles. The SMILES string of the molecule is CCCCCCCCCCCOC(=O)CCCCCN(CCCCCCCC(=O)OC(CCCCCCCC)CCCCCCCC)CC(O)CCCCNC(=O)c1ccn(C)n1. The van der Waals surface area contributed by atoms with Gasteiger partial charge in [-0.1, -0.05) is 162 Å². The highest BCUT2D eigenvalue weighted by Gasteiger charge is 2.16. The van der Waals surface area contributed by atoms with Crippen molar-refractivity contribution in [3.05, 3.63) is 18.0 Å². The highest BCUT2D eigenvalue weighted by atomic mass is 16.5. The van der Waals surface area contributed by atoms with Crippen LogP contribution in [-0.2, 0) is 26.1 Å². The topological polar surface area (TPSA) is 123 Å². The van der Waals surface area contributed by atoms with E-state index in [9.17, 15) is 19.5 Å². The molecule has 0 aliphatic rings. The number of esters is 2. The van der Waals surface area contributed by atoms with Gasteiger partial charge < -0.3 is 24.8 Å². The average molecular weight is 889 g/mol. The monoisotopic (exact) mass is 889 g/mol. The summed E-state index contributed by atoms with van der Waals surface area (Å²) in [7, 11) is 1.79. The highest BCUT2D eigenvalue weighted by molar-refractivity contribution is 5.92. The number of aryl methyl sites for hydroxylation is 1. The number of hydrogen-bond donors (Lipinski definition) is 2. The van der Waals surface area contributed by atoms with Crippen molar-refractivity contribution >= 4 is 17.8 Å². The molecule has 0 aliphatic carbocycles. The minimum atomic E-state index is -0.426. The third-order valence-corrected chi connectivity index (χ3v) is 12.4. The van der Waals surface area contributed by atoms with E-state index in [0.29, 0.717) is 44.7 Å². The van der Waals surface area contributed by atoms with Gasteiger partial charge in [-0.15, -0.1) is 0 Å². The summed E-state index contributed by atoms with van der Waals surface area (Å²) in [6, 6.07) is 1.71. The lowest BCUT2D eigenvalue weighted by Crippen LogP contribution is -2.34. The van der Waals surface area contributed by atoms with Crippen molar-refractivity contribution < 1.29 is 29.0 Å². The zero-order valence-corrected chi connectivity index (χ0v) is 41.6. The lowest BCUT2D eigenvalue weighted by molar-refractivity contribution is -0.150. The van der Waals surface area contributed by atoms with Crippen LogP contribution in [0.25, 0.3) is 0 Å². The van der Waals surface area contributed by atoms with Crippen LogP contribution in [0.15, 0.2) is 12.3 Å². The summed E-state index contributed by atoms with van der Waals surface area (Å²) in [5, 5.41) is 18.1. The smallest absolute Gasteiger partial charge is 0.306 e. The minimum Gasteiger partial charge on any atom is -0.466 e. The van der Waals surface area contributed by atoms with Gasteiger partial charge in [0.1, 0.15) is 11.8 Å². The maximum absolute atomic E-state index is 12.9. The Hall–Kier alpha value is -2.46. The van der Waals surface area contributed by atoms with Gasteiger partial charge in [0.2, 0.25) is 0 Å². The van der Waals surface area contributed by atoms with Crippen molar-refractivity contribution in [1.29, 1.82) is 0 Å². The van der Waals surface area contributed by atoms with Crippen molar-refractivity contribution in [1.82, 2.24) is 20.0 Å². The molecule has 1 aromatic heterocycles. The number of nitrogens with one attached hydrogen (secondary N) is 1. The van der Waals surface area contributed by atoms with Gasteiger partial charge in [-0.05, 0) is 96.2 Å². The normalized spacial score (nSPS) is 12.0. The number of rotatable bonds is 47. The second kappa shape index (κ2) is 43.4. The fourth-order valence-corrected chi connectivity index (χ4v) is 8.42. The number of aliphatic hydroxyl groups excluding tert-OH is 1. The van der Waals surface area contributed by atoms with Gasteiger partial charge in [0.15, 0.2) is 0 Å². The molecule has 10 heteroatoms. The van der Waals surface area contributed by atoms with Crippen LogP contribution in [0, 0.1) is 0 Å². The third-order valence-electron chi connectivity index (χ3n) is 12.4. The van der Waals surface area contributed by atoms with Gasteiger partial charge in [-0.3, -0.25) is 19.1 Å². The Morgan fingerprint density at radius 1 is 0.603 bits per heavy atom. The van der Waals surface area contributed by atoms with Crippen molar-refractivity contribution in [2.24, 2.45) is 7.05 Å². The van der Waals surface area contributed by atoms with E-state index < -0.39 is 6.10 Å². The van der Waals surface area contributed by atoms with E-state index in [1.807, 2.05) is 0 Å². The Kier molecular flexibility index (Phi) is 40.4. The van der Waals surface area contributed by atoms with Crippen LogP contribution >= 0.6 is 0 Å². The van der Waals surface area contributed by atoms with Gasteiger partial charge in [-0.2, -0.15) is 5.10 Å². The number of amides is 1. The van der Waals surface area contributed by atoms with Crippen LogP contribution in [-0.4, -0.2) is 82.6 Å². The maximum atomic E-state index is 12.9. The largest absolute Gasteiger partial charge is 0.466 e. The zero-order valence-electron chi connectivity index (χ0n) is 41.6. The Morgan fingerprint density at radius 3 is 1.60 bits per heavy atom. The quantitative estimate of drug-likeness (QED) is 0.0490. The molecule has 0 aliphatic heterocycles. The Balaban J connectivity index is 2.41. The molecule has 0 fully saturated rings. The van der Waals surface area contributed by atoms with Gasteiger partial charge in [-0.25, -0.2) is 0 Å². The first kappa shape index (κ1) is 58.6. The van der Waals surface area contributed by atoms with Gasteiger partial charge >= 0.3 is 11.9 Å². The molecule has 1 heterocycles. The van der Waals surface area contributed by atoms with Crippen LogP contribution in [0.2, 0.25) is 0 Å². The Bertz CT molecular complexity index is 1180. The van der Waals surface area contributed by atoms with Crippen molar-refractivity contribution in [3.63, 3.8) is 0 Å². The lowest BCUT2D eigenvalue weighted by Gasteiger charge is -2.25. The summed E-state index contributed by atoms with van der Waals surface area (Å²) in [6.45, 7) is 10.3. The van der Waals surface area contributed by atoms with Crippen molar-refractivity contribution in [3.8, 4) is 0 Å². The molecule has 0 bridgehead atoms. The second-order valence-electron chi connectivity index (χ2n) is 18.7. The summed E-state index contributed by atoms with van der Waals surface area (Å²) in [6.07, 6.45) is 41.1. The van der Waals surface area contributed by atoms with Crippen LogP contribution in [0.4, 0.5) is 0 Å². The molecular formula is C53H100N4O6. The van der Waals surface area contributed by atoms with Crippen LogP contribution in [0.1, 0.15) is 262 Å². The number of carbonyl (C=O) groups is 3.